The second kappa shape index (κ2) is 11.8. The van der Waals surface area contributed by atoms with Gasteiger partial charge >= 0.3 is 6.09 Å². The number of alkyl carbamates (subject to hydrolysis) is 1. The van der Waals surface area contributed by atoms with Gasteiger partial charge in [0.15, 0.2) is 0 Å². The first-order chi connectivity index (χ1) is 15.0. The summed E-state index contributed by atoms with van der Waals surface area (Å²) in [5.74, 6) is -3.86. The lowest BCUT2D eigenvalue weighted by atomic mass is 9.87. The summed E-state index contributed by atoms with van der Waals surface area (Å²) in [5.41, 5.74) is 0. The normalized spacial score (nSPS) is 22.7. The Bertz CT molecular complexity index is 697. The largest absolute Gasteiger partial charge is 0.449 e. The molecule has 11 heteroatoms. The molecule has 3 atom stereocenters. The molecular weight excluding hydrogens is 444 g/mol. The third-order valence-electron chi connectivity index (χ3n) is 5.90. The fourth-order valence-electron chi connectivity index (χ4n) is 4.00. The van der Waals surface area contributed by atoms with Crippen molar-refractivity contribution >= 4 is 35.7 Å². The van der Waals surface area contributed by atoms with E-state index in [0.29, 0.717) is 19.4 Å². The summed E-state index contributed by atoms with van der Waals surface area (Å²) in [6, 6.07) is -1.91. The maximum absolute atomic E-state index is 13.3. The Kier molecular flexibility index (Phi) is 9.72. The number of ether oxygens (including phenoxy) is 1. The van der Waals surface area contributed by atoms with E-state index in [4.69, 9.17) is 4.74 Å². The molecule has 0 unspecified atom stereocenters. The summed E-state index contributed by atoms with van der Waals surface area (Å²) in [6.45, 7) is 4.28. The Morgan fingerprint density at radius 2 is 1.81 bits per heavy atom. The SMILES string of the molecule is CC(C)C[C@H](NC(=O)OCC1CCC(F)(F)CC1)C(=O)N[C@@H](C[C@@H]1CCNC1=O)C(=O)S. The maximum Gasteiger partial charge on any atom is 0.407 e. The van der Waals surface area contributed by atoms with E-state index in [2.05, 4.69) is 28.6 Å². The van der Waals surface area contributed by atoms with Crippen LogP contribution in [0.15, 0.2) is 0 Å². The zero-order valence-electron chi connectivity index (χ0n) is 18.5. The lowest BCUT2D eigenvalue weighted by Gasteiger charge is -2.28. The van der Waals surface area contributed by atoms with Crippen molar-refractivity contribution < 1.29 is 32.7 Å². The highest BCUT2D eigenvalue weighted by molar-refractivity contribution is 7.96. The van der Waals surface area contributed by atoms with Gasteiger partial charge in [-0.2, -0.15) is 0 Å². The highest BCUT2D eigenvalue weighted by Gasteiger charge is 2.36. The number of carbonyl (C=O) groups is 4. The summed E-state index contributed by atoms with van der Waals surface area (Å²) in [7, 11) is 0. The molecule has 0 aromatic heterocycles. The van der Waals surface area contributed by atoms with E-state index < -0.39 is 35.1 Å². The Balaban J connectivity index is 1.89. The van der Waals surface area contributed by atoms with Crippen LogP contribution in [0.25, 0.3) is 0 Å². The van der Waals surface area contributed by atoms with Gasteiger partial charge in [0, 0.05) is 25.3 Å². The summed E-state index contributed by atoms with van der Waals surface area (Å²) in [6.07, 6.45) is 0.288. The molecule has 1 saturated carbocycles. The fraction of sp³-hybridized carbons (Fsp3) is 0.810. The van der Waals surface area contributed by atoms with Gasteiger partial charge in [0.25, 0.3) is 0 Å². The molecule has 1 saturated heterocycles. The fourth-order valence-corrected chi connectivity index (χ4v) is 4.17. The van der Waals surface area contributed by atoms with Gasteiger partial charge in [0.2, 0.25) is 22.9 Å². The number of amides is 3. The molecule has 2 rings (SSSR count). The van der Waals surface area contributed by atoms with Gasteiger partial charge in [0.1, 0.15) is 6.04 Å². The number of nitrogens with one attached hydrogen (secondary N) is 3. The first-order valence-corrected chi connectivity index (χ1v) is 11.5. The van der Waals surface area contributed by atoms with Gasteiger partial charge in [-0.25, -0.2) is 13.6 Å². The number of hydrogen-bond donors (Lipinski definition) is 4. The second-order valence-electron chi connectivity index (χ2n) is 9.14. The number of alkyl halides is 2. The molecule has 0 radical (unpaired) electrons. The van der Waals surface area contributed by atoms with E-state index in [1.807, 2.05) is 13.8 Å². The smallest absolute Gasteiger partial charge is 0.407 e. The first kappa shape index (κ1) is 26.3. The molecule has 3 amide bonds. The summed E-state index contributed by atoms with van der Waals surface area (Å²) < 4.78 is 31.7. The topological polar surface area (TPSA) is 114 Å². The third kappa shape index (κ3) is 8.55. The zero-order valence-corrected chi connectivity index (χ0v) is 19.4. The minimum atomic E-state index is -2.65. The van der Waals surface area contributed by atoms with Crippen molar-refractivity contribution in [2.24, 2.45) is 17.8 Å². The average Bonchev–Trinajstić information content (AvgIpc) is 3.10. The highest BCUT2D eigenvalue weighted by atomic mass is 32.1. The second-order valence-corrected chi connectivity index (χ2v) is 9.58. The van der Waals surface area contributed by atoms with Gasteiger partial charge in [-0.1, -0.05) is 13.8 Å². The Morgan fingerprint density at radius 1 is 1.16 bits per heavy atom. The number of rotatable bonds is 10. The molecule has 32 heavy (non-hydrogen) atoms. The maximum atomic E-state index is 13.3. The first-order valence-electron chi connectivity index (χ1n) is 11.1. The molecule has 2 aliphatic rings. The molecule has 0 spiro atoms. The molecule has 0 aromatic carbocycles. The van der Waals surface area contributed by atoms with E-state index >= 15 is 0 Å². The van der Waals surface area contributed by atoms with Gasteiger partial charge in [0.05, 0.1) is 12.6 Å². The molecule has 2 fully saturated rings. The Morgan fingerprint density at radius 3 is 2.34 bits per heavy atom. The predicted octanol–water partition coefficient (Wildman–Crippen LogP) is 2.42. The Hall–Kier alpha value is -1.91. The molecule has 1 aliphatic carbocycles. The van der Waals surface area contributed by atoms with Gasteiger partial charge in [-0.05, 0) is 43.9 Å². The Labute approximate surface area is 192 Å². The van der Waals surface area contributed by atoms with Crippen molar-refractivity contribution in [1.82, 2.24) is 16.0 Å². The molecule has 1 aliphatic heterocycles. The van der Waals surface area contributed by atoms with E-state index in [1.165, 1.54) is 0 Å². The van der Waals surface area contributed by atoms with E-state index in [9.17, 15) is 28.0 Å². The van der Waals surface area contributed by atoms with Crippen LogP contribution in [0.4, 0.5) is 13.6 Å². The number of thiol groups is 1. The lowest BCUT2D eigenvalue weighted by Crippen LogP contribution is -2.52. The van der Waals surface area contributed by atoms with Gasteiger partial charge in [-0.15, -0.1) is 12.6 Å². The van der Waals surface area contributed by atoms with Crippen LogP contribution in [0, 0.1) is 17.8 Å². The van der Waals surface area contributed by atoms with Crippen molar-refractivity contribution in [3.8, 4) is 0 Å². The van der Waals surface area contributed by atoms with Crippen LogP contribution in [0.5, 0.6) is 0 Å². The minimum Gasteiger partial charge on any atom is -0.449 e. The van der Waals surface area contributed by atoms with E-state index in [0.717, 1.165) is 0 Å². The van der Waals surface area contributed by atoms with Crippen molar-refractivity contribution in [3.63, 3.8) is 0 Å². The zero-order chi connectivity index (χ0) is 23.9. The van der Waals surface area contributed by atoms with Gasteiger partial charge < -0.3 is 20.7 Å². The third-order valence-corrected chi connectivity index (χ3v) is 6.21. The molecule has 8 nitrogen and oxygen atoms in total. The monoisotopic (exact) mass is 477 g/mol. The predicted molar refractivity (Wildman–Crippen MR) is 116 cm³/mol. The molecule has 3 N–H and O–H groups in total. The molecular formula is C21H33F2N3O5S. The average molecular weight is 478 g/mol. The van der Waals surface area contributed by atoms with Crippen molar-refractivity contribution in [2.45, 2.75) is 76.8 Å². The van der Waals surface area contributed by atoms with Crippen LogP contribution in [0.3, 0.4) is 0 Å². The molecule has 0 aromatic rings. The van der Waals surface area contributed by atoms with Crippen LogP contribution in [0.2, 0.25) is 0 Å². The van der Waals surface area contributed by atoms with Crippen LogP contribution >= 0.6 is 12.6 Å². The molecule has 0 bridgehead atoms. The summed E-state index contributed by atoms with van der Waals surface area (Å²) in [4.78, 5) is 48.8. The molecule has 1 heterocycles. The van der Waals surface area contributed by atoms with Crippen LogP contribution in [-0.4, -0.2) is 54.2 Å². The minimum absolute atomic E-state index is 0.00642. The quantitative estimate of drug-likeness (QED) is 0.361. The van der Waals surface area contributed by atoms with E-state index in [-0.39, 0.29) is 62.4 Å². The summed E-state index contributed by atoms with van der Waals surface area (Å²) in [5, 5.41) is 7.22. The van der Waals surface area contributed by atoms with Crippen molar-refractivity contribution in [2.75, 3.05) is 13.2 Å². The van der Waals surface area contributed by atoms with Crippen molar-refractivity contribution in [3.05, 3.63) is 0 Å². The van der Waals surface area contributed by atoms with Gasteiger partial charge in [-0.3, -0.25) is 14.4 Å². The highest BCUT2D eigenvalue weighted by Crippen LogP contribution is 2.36. The number of halogens is 2. The van der Waals surface area contributed by atoms with Crippen LogP contribution in [0.1, 0.15) is 58.8 Å². The van der Waals surface area contributed by atoms with Crippen molar-refractivity contribution in [1.29, 1.82) is 0 Å². The van der Waals surface area contributed by atoms with Crippen LogP contribution in [-0.2, 0) is 19.1 Å². The van der Waals surface area contributed by atoms with Crippen LogP contribution < -0.4 is 16.0 Å². The number of carbonyl (C=O) groups excluding carboxylic acids is 4. The summed E-state index contributed by atoms with van der Waals surface area (Å²) >= 11 is 3.83. The van der Waals surface area contributed by atoms with E-state index in [1.54, 1.807) is 0 Å². The number of hydrogen-bond acceptors (Lipinski definition) is 5. The standard InChI is InChI=1S/C21H33F2N3O5S/c1-12(2)9-15(26-20(30)31-11-13-3-6-21(22,23)7-4-13)18(28)25-16(19(29)32)10-14-5-8-24-17(14)27/h12-16H,3-11H2,1-2H3,(H,24,27)(H,25,28)(H,26,30)(H,29,32)/t14-,15-,16-/m0/s1. The molecule has 182 valence electrons. The lowest BCUT2D eigenvalue weighted by molar-refractivity contribution is -0.128.